The average molecular weight is 209 g/mol. The van der Waals surface area contributed by atoms with Crippen molar-refractivity contribution in [3.8, 4) is 0 Å². The van der Waals surface area contributed by atoms with Crippen molar-refractivity contribution in [3.05, 3.63) is 5.82 Å². The third-order valence-corrected chi connectivity index (χ3v) is 2.97. The zero-order valence-corrected chi connectivity index (χ0v) is 9.24. The molecule has 5 heteroatoms. The van der Waals surface area contributed by atoms with Gasteiger partial charge in [-0.3, -0.25) is 5.10 Å². The summed E-state index contributed by atoms with van der Waals surface area (Å²) in [7, 11) is 0. The maximum atomic E-state index is 5.47. The zero-order chi connectivity index (χ0) is 10.7. The molecule has 1 saturated heterocycles. The number of aromatic amines is 1. The highest BCUT2D eigenvalue weighted by molar-refractivity contribution is 5.29. The first-order valence-electron chi connectivity index (χ1n) is 5.66. The van der Waals surface area contributed by atoms with Gasteiger partial charge < -0.3 is 10.6 Å². The first-order valence-corrected chi connectivity index (χ1v) is 5.66. The van der Waals surface area contributed by atoms with Gasteiger partial charge in [-0.25, -0.2) is 0 Å². The smallest absolute Gasteiger partial charge is 0.244 e. The second-order valence-electron chi connectivity index (χ2n) is 4.29. The van der Waals surface area contributed by atoms with E-state index >= 15 is 0 Å². The summed E-state index contributed by atoms with van der Waals surface area (Å²) < 4.78 is 0. The Kier molecular flexibility index (Phi) is 3.20. The molecule has 15 heavy (non-hydrogen) atoms. The molecule has 0 amide bonds. The summed E-state index contributed by atoms with van der Waals surface area (Å²) in [4.78, 5) is 6.67. The van der Waals surface area contributed by atoms with Crippen LogP contribution < -0.4 is 10.6 Å². The Labute approximate surface area is 90.1 Å². The van der Waals surface area contributed by atoms with Gasteiger partial charge in [0.1, 0.15) is 5.82 Å². The van der Waals surface area contributed by atoms with Crippen LogP contribution in [0.2, 0.25) is 0 Å². The molecule has 3 N–H and O–H groups in total. The van der Waals surface area contributed by atoms with Crippen LogP contribution in [-0.2, 0) is 6.42 Å². The van der Waals surface area contributed by atoms with Crippen LogP contribution in [-0.4, -0.2) is 34.8 Å². The number of hydrogen-bond acceptors (Lipinski definition) is 4. The summed E-state index contributed by atoms with van der Waals surface area (Å²) in [6.45, 7) is 5.06. The van der Waals surface area contributed by atoms with Crippen LogP contribution in [0, 0.1) is 5.92 Å². The number of anilines is 1. The van der Waals surface area contributed by atoms with Crippen LogP contribution in [0.1, 0.15) is 25.6 Å². The molecule has 0 atom stereocenters. The molecule has 1 aliphatic heterocycles. The van der Waals surface area contributed by atoms with E-state index in [2.05, 4.69) is 27.0 Å². The van der Waals surface area contributed by atoms with Crippen LogP contribution in [0.5, 0.6) is 0 Å². The molecule has 0 unspecified atom stereocenters. The second kappa shape index (κ2) is 4.61. The molecule has 0 spiro atoms. The molecule has 84 valence electrons. The van der Waals surface area contributed by atoms with Gasteiger partial charge in [0.25, 0.3) is 0 Å². The van der Waals surface area contributed by atoms with E-state index in [0.717, 1.165) is 37.2 Å². The fourth-order valence-corrected chi connectivity index (χ4v) is 1.88. The SMILES string of the molecule is CC1CCN(c2n[nH]c(CCN)n2)CC1. The van der Waals surface area contributed by atoms with E-state index in [4.69, 9.17) is 5.73 Å². The summed E-state index contributed by atoms with van der Waals surface area (Å²) in [5.41, 5.74) is 5.47. The number of aromatic nitrogens is 3. The number of rotatable bonds is 3. The number of nitrogens with one attached hydrogen (secondary N) is 1. The van der Waals surface area contributed by atoms with Gasteiger partial charge in [-0.2, -0.15) is 4.98 Å². The van der Waals surface area contributed by atoms with Gasteiger partial charge in [0.05, 0.1) is 0 Å². The third-order valence-electron chi connectivity index (χ3n) is 2.97. The molecule has 0 aliphatic carbocycles. The predicted molar refractivity (Wildman–Crippen MR) is 59.8 cm³/mol. The Bertz CT molecular complexity index is 301. The molecule has 5 nitrogen and oxygen atoms in total. The molecule has 0 aromatic carbocycles. The summed E-state index contributed by atoms with van der Waals surface area (Å²) >= 11 is 0. The Balaban J connectivity index is 1.96. The maximum Gasteiger partial charge on any atom is 0.244 e. The fourth-order valence-electron chi connectivity index (χ4n) is 1.88. The first kappa shape index (κ1) is 10.4. The molecule has 1 fully saturated rings. The van der Waals surface area contributed by atoms with Crippen molar-refractivity contribution in [2.45, 2.75) is 26.2 Å². The molecule has 1 aromatic heterocycles. The number of nitrogens with two attached hydrogens (primary N) is 1. The van der Waals surface area contributed by atoms with Crippen molar-refractivity contribution >= 4 is 5.95 Å². The summed E-state index contributed by atoms with van der Waals surface area (Å²) in [5, 5.41) is 7.15. The van der Waals surface area contributed by atoms with Crippen molar-refractivity contribution in [3.63, 3.8) is 0 Å². The topological polar surface area (TPSA) is 70.8 Å². The standard InChI is InChI=1S/C10H19N5/c1-8-3-6-15(7-4-8)10-12-9(2-5-11)13-14-10/h8H,2-7,11H2,1H3,(H,12,13,14). The van der Waals surface area contributed by atoms with E-state index in [1.54, 1.807) is 0 Å². The lowest BCUT2D eigenvalue weighted by Crippen LogP contribution is -2.33. The molecule has 1 aromatic rings. The van der Waals surface area contributed by atoms with Gasteiger partial charge in [0.15, 0.2) is 0 Å². The van der Waals surface area contributed by atoms with Gasteiger partial charge in [-0.05, 0) is 25.3 Å². The Hall–Kier alpha value is -1.10. The van der Waals surface area contributed by atoms with Gasteiger partial charge >= 0.3 is 0 Å². The largest absolute Gasteiger partial charge is 0.340 e. The minimum absolute atomic E-state index is 0.617. The minimum Gasteiger partial charge on any atom is -0.340 e. The van der Waals surface area contributed by atoms with Crippen LogP contribution in [0.4, 0.5) is 5.95 Å². The molecular weight excluding hydrogens is 190 g/mol. The molecule has 2 rings (SSSR count). The number of H-pyrrole nitrogens is 1. The summed E-state index contributed by atoms with van der Waals surface area (Å²) in [6.07, 6.45) is 3.25. The highest BCUT2D eigenvalue weighted by Gasteiger charge is 2.18. The Morgan fingerprint density at radius 2 is 2.20 bits per heavy atom. The van der Waals surface area contributed by atoms with E-state index in [-0.39, 0.29) is 0 Å². The Morgan fingerprint density at radius 3 is 2.87 bits per heavy atom. The van der Waals surface area contributed by atoms with Crippen LogP contribution >= 0.6 is 0 Å². The molecule has 0 saturated carbocycles. The van der Waals surface area contributed by atoms with E-state index in [9.17, 15) is 0 Å². The van der Waals surface area contributed by atoms with Crippen LogP contribution in [0.25, 0.3) is 0 Å². The van der Waals surface area contributed by atoms with E-state index in [0.29, 0.717) is 6.54 Å². The lowest BCUT2D eigenvalue weighted by molar-refractivity contribution is 0.434. The summed E-state index contributed by atoms with van der Waals surface area (Å²) in [5.74, 6) is 2.57. The van der Waals surface area contributed by atoms with Gasteiger partial charge in [-0.1, -0.05) is 6.92 Å². The second-order valence-corrected chi connectivity index (χ2v) is 4.29. The molecule has 2 heterocycles. The number of hydrogen-bond donors (Lipinski definition) is 2. The number of piperidine rings is 1. The number of nitrogens with zero attached hydrogens (tertiary/aromatic N) is 3. The zero-order valence-electron chi connectivity index (χ0n) is 9.24. The van der Waals surface area contributed by atoms with Crippen molar-refractivity contribution in [2.75, 3.05) is 24.5 Å². The van der Waals surface area contributed by atoms with Crippen molar-refractivity contribution in [2.24, 2.45) is 11.7 Å². The van der Waals surface area contributed by atoms with Crippen LogP contribution in [0.3, 0.4) is 0 Å². The lowest BCUT2D eigenvalue weighted by Gasteiger charge is -2.29. The molecule has 0 radical (unpaired) electrons. The first-order chi connectivity index (χ1) is 7.29. The van der Waals surface area contributed by atoms with Crippen LogP contribution in [0.15, 0.2) is 0 Å². The Morgan fingerprint density at radius 1 is 1.47 bits per heavy atom. The molecular formula is C10H19N5. The van der Waals surface area contributed by atoms with E-state index in [1.165, 1.54) is 12.8 Å². The lowest BCUT2D eigenvalue weighted by atomic mass is 10.00. The van der Waals surface area contributed by atoms with Crippen molar-refractivity contribution in [1.29, 1.82) is 0 Å². The van der Waals surface area contributed by atoms with Crippen molar-refractivity contribution in [1.82, 2.24) is 15.2 Å². The monoisotopic (exact) mass is 209 g/mol. The highest BCUT2D eigenvalue weighted by atomic mass is 15.4. The van der Waals surface area contributed by atoms with Gasteiger partial charge in [0.2, 0.25) is 5.95 Å². The van der Waals surface area contributed by atoms with Gasteiger partial charge in [-0.15, -0.1) is 5.10 Å². The maximum absolute atomic E-state index is 5.47. The third kappa shape index (κ3) is 2.47. The predicted octanol–water partition coefficient (Wildman–Crippen LogP) is 0.542. The normalized spacial score (nSPS) is 18.4. The summed E-state index contributed by atoms with van der Waals surface area (Å²) in [6, 6.07) is 0. The van der Waals surface area contributed by atoms with Crippen molar-refractivity contribution < 1.29 is 0 Å². The fraction of sp³-hybridized carbons (Fsp3) is 0.800. The van der Waals surface area contributed by atoms with Gasteiger partial charge in [0, 0.05) is 19.5 Å². The minimum atomic E-state index is 0.617. The highest BCUT2D eigenvalue weighted by Crippen LogP contribution is 2.19. The molecule has 1 aliphatic rings. The molecule has 0 bridgehead atoms. The average Bonchev–Trinajstić information content (AvgIpc) is 2.68. The van der Waals surface area contributed by atoms with E-state index < -0.39 is 0 Å². The van der Waals surface area contributed by atoms with E-state index in [1.807, 2.05) is 0 Å². The quantitative estimate of drug-likeness (QED) is 0.762.